The number of aliphatic carboxylic acids is 1. The number of nitrogens with zero attached hydrogens (tertiary/aromatic N) is 2. The van der Waals surface area contributed by atoms with E-state index < -0.39 is 12.0 Å². The van der Waals surface area contributed by atoms with Gasteiger partial charge < -0.3 is 16.3 Å². The molecule has 0 aliphatic heterocycles. The number of carbonyl (C=O) groups excluding carboxylic acids is 1. The lowest BCUT2D eigenvalue weighted by Gasteiger charge is -2.14. The zero-order chi connectivity index (χ0) is 15.9. The smallest absolute Gasteiger partial charge is 0.326 e. The van der Waals surface area contributed by atoms with E-state index in [2.05, 4.69) is 10.3 Å². The van der Waals surface area contributed by atoms with E-state index in [9.17, 15) is 14.7 Å². The molecule has 1 heterocycles. The van der Waals surface area contributed by atoms with Crippen molar-refractivity contribution >= 4 is 11.9 Å². The maximum absolute atomic E-state index is 11.9. The third kappa shape index (κ3) is 4.34. The molecule has 2 aromatic rings. The summed E-state index contributed by atoms with van der Waals surface area (Å²) in [5.74, 6) is 4.19. The Bertz CT molecular complexity index is 639. The normalized spacial score (nSPS) is 11.8. The molecule has 0 saturated carbocycles. The van der Waals surface area contributed by atoms with Gasteiger partial charge in [-0.05, 0) is 12.0 Å². The molecule has 0 aliphatic rings. The summed E-state index contributed by atoms with van der Waals surface area (Å²) in [5.41, 5.74) is 1.57. The number of nitrogens with two attached hydrogens (primary N) is 1. The van der Waals surface area contributed by atoms with Gasteiger partial charge in [-0.2, -0.15) is 0 Å². The Hall–Kier alpha value is -2.83. The van der Waals surface area contributed by atoms with Crippen molar-refractivity contribution in [2.45, 2.75) is 25.3 Å². The second kappa shape index (κ2) is 7.26. The first-order valence-electron chi connectivity index (χ1n) is 6.88. The van der Waals surface area contributed by atoms with Gasteiger partial charge in [-0.25, -0.2) is 9.78 Å². The molecule has 7 nitrogen and oxygen atoms in total. The topological polar surface area (TPSA) is 110 Å². The number of aromatic nitrogens is 2. The monoisotopic (exact) mass is 302 g/mol. The van der Waals surface area contributed by atoms with Crippen LogP contribution < -0.4 is 11.2 Å². The highest BCUT2D eigenvalue weighted by Crippen LogP contribution is 2.04. The van der Waals surface area contributed by atoms with E-state index in [0.717, 1.165) is 5.56 Å². The van der Waals surface area contributed by atoms with Crippen molar-refractivity contribution in [1.29, 1.82) is 0 Å². The first-order valence-corrected chi connectivity index (χ1v) is 6.88. The Kier molecular flexibility index (Phi) is 5.13. The van der Waals surface area contributed by atoms with Gasteiger partial charge >= 0.3 is 5.97 Å². The number of rotatable bonds is 7. The summed E-state index contributed by atoms with van der Waals surface area (Å²) < 4.78 is 1.24. The number of amides is 1. The number of hydrogen-bond acceptors (Lipinski definition) is 4. The molecule has 0 aliphatic carbocycles. The van der Waals surface area contributed by atoms with Gasteiger partial charge in [0.05, 0.1) is 11.9 Å². The average molecular weight is 302 g/mol. The maximum Gasteiger partial charge on any atom is 0.326 e. The largest absolute Gasteiger partial charge is 0.480 e. The van der Waals surface area contributed by atoms with Gasteiger partial charge in [-0.3, -0.25) is 9.47 Å². The fourth-order valence-corrected chi connectivity index (χ4v) is 2.07. The van der Waals surface area contributed by atoms with Crippen LogP contribution in [0, 0.1) is 0 Å². The molecule has 0 saturated heterocycles. The molecule has 1 aromatic heterocycles. The summed E-state index contributed by atoms with van der Waals surface area (Å²) >= 11 is 0. The molecule has 0 spiro atoms. The number of benzene rings is 1. The van der Waals surface area contributed by atoms with Crippen LogP contribution >= 0.6 is 0 Å². The number of carboxylic acid groups (broad SMARTS) is 1. The maximum atomic E-state index is 11.9. The van der Waals surface area contributed by atoms with Crippen molar-refractivity contribution in [3.8, 4) is 0 Å². The molecule has 0 radical (unpaired) electrons. The van der Waals surface area contributed by atoms with Gasteiger partial charge in [0, 0.05) is 12.8 Å². The molecule has 1 aromatic carbocycles. The van der Waals surface area contributed by atoms with Gasteiger partial charge in [-0.15, -0.1) is 0 Å². The van der Waals surface area contributed by atoms with E-state index in [-0.39, 0.29) is 18.7 Å². The second-order valence-corrected chi connectivity index (χ2v) is 4.94. The molecule has 0 unspecified atom stereocenters. The van der Waals surface area contributed by atoms with E-state index in [1.165, 1.54) is 17.2 Å². The van der Waals surface area contributed by atoms with Gasteiger partial charge in [0.2, 0.25) is 5.91 Å². The van der Waals surface area contributed by atoms with Gasteiger partial charge in [0.25, 0.3) is 0 Å². The van der Waals surface area contributed by atoms with Gasteiger partial charge in [0.15, 0.2) is 0 Å². The molecule has 7 heteroatoms. The Morgan fingerprint density at radius 2 is 2.05 bits per heavy atom. The van der Waals surface area contributed by atoms with Crippen LogP contribution in [0.15, 0.2) is 42.9 Å². The molecule has 22 heavy (non-hydrogen) atoms. The first-order chi connectivity index (χ1) is 10.6. The minimum atomic E-state index is -1.10. The Morgan fingerprint density at radius 3 is 2.64 bits per heavy atom. The second-order valence-electron chi connectivity index (χ2n) is 4.94. The number of carbonyl (C=O) groups is 2. The Labute approximate surface area is 127 Å². The molecule has 4 N–H and O–H groups in total. The summed E-state index contributed by atoms with van der Waals surface area (Å²) in [6, 6.07) is 8.53. The minimum Gasteiger partial charge on any atom is -0.480 e. The number of imidazole rings is 1. The van der Waals surface area contributed by atoms with E-state index in [0.29, 0.717) is 12.1 Å². The van der Waals surface area contributed by atoms with E-state index >= 15 is 0 Å². The lowest BCUT2D eigenvalue weighted by molar-refractivity contribution is -0.141. The highest BCUT2D eigenvalue weighted by atomic mass is 16.4. The summed E-state index contributed by atoms with van der Waals surface area (Å²) in [4.78, 5) is 27.0. The molecular weight excluding hydrogens is 284 g/mol. The number of nitrogen functional groups attached to an aromatic ring is 1. The summed E-state index contributed by atoms with van der Waals surface area (Å²) in [7, 11) is 0. The Balaban J connectivity index is 1.89. The van der Waals surface area contributed by atoms with Crippen molar-refractivity contribution in [1.82, 2.24) is 15.0 Å². The minimum absolute atomic E-state index is 0.0862. The molecule has 1 atom stereocenters. The zero-order valence-electron chi connectivity index (χ0n) is 12.0. The molecule has 0 fully saturated rings. The van der Waals surface area contributed by atoms with E-state index in [1.807, 2.05) is 30.3 Å². The lowest BCUT2D eigenvalue weighted by atomic mass is 10.1. The van der Waals surface area contributed by atoms with Crippen LogP contribution in [0.25, 0.3) is 0 Å². The van der Waals surface area contributed by atoms with E-state index in [1.54, 1.807) is 0 Å². The molecular formula is C15H18N4O3. The van der Waals surface area contributed by atoms with Crippen LogP contribution in [-0.2, 0) is 22.4 Å². The number of nitrogens with one attached hydrogen (secondary N) is 1. The van der Waals surface area contributed by atoms with Crippen molar-refractivity contribution in [2.75, 3.05) is 5.84 Å². The molecule has 0 bridgehead atoms. The van der Waals surface area contributed by atoms with Crippen LogP contribution in [0.5, 0.6) is 0 Å². The SMILES string of the molecule is Nn1cncc1C[C@@H](NC(=O)CCc1ccccc1)C(=O)O. The summed E-state index contributed by atoms with van der Waals surface area (Å²) in [5, 5.41) is 11.7. The molecule has 2 rings (SSSR count). The third-order valence-electron chi connectivity index (χ3n) is 3.28. The van der Waals surface area contributed by atoms with Crippen molar-refractivity contribution < 1.29 is 14.7 Å². The average Bonchev–Trinajstić information content (AvgIpc) is 2.91. The standard InChI is InChI=1S/C15H18N4O3/c16-19-10-17-9-12(19)8-13(15(21)22)18-14(20)7-6-11-4-2-1-3-5-11/h1-5,9-10,13H,6-8,16H2,(H,18,20)(H,21,22)/t13-/m1/s1. The van der Waals surface area contributed by atoms with Crippen molar-refractivity contribution in [3.63, 3.8) is 0 Å². The van der Waals surface area contributed by atoms with Gasteiger partial charge in [0.1, 0.15) is 12.4 Å². The highest BCUT2D eigenvalue weighted by molar-refractivity contribution is 5.83. The number of aryl methyl sites for hydroxylation is 1. The number of carboxylic acids is 1. The first kappa shape index (κ1) is 15.6. The number of hydrogen-bond donors (Lipinski definition) is 3. The fourth-order valence-electron chi connectivity index (χ4n) is 2.07. The van der Waals surface area contributed by atoms with Crippen LogP contribution in [0.2, 0.25) is 0 Å². The highest BCUT2D eigenvalue weighted by Gasteiger charge is 2.21. The predicted molar refractivity (Wildman–Crippen MR) is 80.4 cm³/mol. The third-order valence-corrected chi connectivity index (χ3v) is 3.28. The van der Waals surface area contributed by atoms with Crippen molar-refractivity contribution in [3.05, 3.63) is 54.1 Å². The van der Waals surface area contributed by atoms with Crippen LogP contribution in [0.1, 0.15) is 17.7 Å². The van der Waals surface area contributed by atoms with Crippen molar-refractivity contribution in [2.24, 2.45) is 0 Å². The van der Waals surface area contributed by atoms with E-state index in [4.69, 9.17) is 5.84 Å². The van der Waals surface area contributed by atoms with Crippen LogP contribution in [0.3, 0.4) is 0 Å². The molecule has 1 amide bonds. The predicted octanol–water partition coefficient (Wildman–Crippen LogP) is 0.342. The van der Waals surface area contributed by atoms with Gasteiger partial charge in [-0.1, -0.05) is 30.3 Å². The summed E-state index contributed by atoms with van der Waals surface area (Å²) in [6.07, 6.45) is 3.74. The molecule has 116 valence electrons. The van der Waals surface area contributed by atoms with Crippen LogP contribution in [-0.4, -0.2) is 32.7 Å². The fraction of sp³-hybridized carbons (Fsp3) is 0.267. The summed E-state index contributed by atoms with van der Waals surface area (Å²) in [6.45, 7) is 0. The quantitative estimate of drug-likeness (QED) is 0.639. The van der Waals surface area contributed by atoms with Crippen LogP contribution in [0.4, 0.5) is 0 Å². The lowest BCUT2D eigenvalue weighted by Crippen LogP contribution is -2.43. The Morgan fingerprint density at radius 1 is 1.32 bits per heavy atom. The zero-order valence-corrected chi connectivity index (χ0v) is 12.0.